The number of aliphatic hydroxyl groups is 1. The lowest BCUT2D eigenvalue weighted by molar-refractivity contribution is 0.0216. The van der Waals surface area contributed by atoms with Gasteiger partial charge in [-0.15, -0.1) is 0 Å². The molecule has 2 N–H and O–H groups in total. The van der Waals surface area contributed by atoms with Gasteiger partial charge in [0.25, 0.3) is 10.1 Å². The highest BCUT2D eigenvalue weighted by Gasteiger charge is 2.47. The van der Waals surface area contributed by atoms with Crippen LogP contribution in [-0.2, 0) is 10.1 Å². The van der Waals surface area contributed by atoms with E-state index in [2.05, 4.69) is 0 Å². The van der Waals surface area contributed by atoms with Crippen LogP contribution >= 0.6 is 0 Å². The van der Waals surface area contributed by atoms with Crippen LogP contribution < -0.4 is 0 Å². The maximum absolute atomic E-state index is 10.9. The predicted octanol–water partition coefficient (Wildman–Crippen LogP) is 1.16. The number of rotatable bonds is 1. The molecular weight excluding hydrogens is 192 g/mol. The van der Waals surface area contributed by atoms with Gasteiger partial charge in [0.15, 0.2) is 4.93 Å². The summed E-state index contributed by atoms with van der Waals surface area (Å²) in [6.45, 7) is 3.78. The van der Waals surface area contributed by atoms with E-state index in [4.69, 9.17) is 4.55 Å². The highest BCUT2D eigenvalue weighted by Crippen LogP contribution is 2.42. The minimum absolute atomic E-state index is 0.110. The Hall–Kier alpha value is -0.130. The SMILES string of the molecule is CC1(C)CCCC(O)(S(=O)(=O)O)C1. The lowest BCUT2D eigenvalue weighted by atomic mass is 9.76. The molecule has 0 saturated heterocycles. The maximum Gasteiger partial charge on any atom is 0.294 e. The van der Waals surface area contributed by atoms with Crippen molar-refractivity contribution in [3.8, 4) is 0 Å². The highest BCUT2D eigenvalue weighted by atomic mass is 32.2. The first-order chi connectivity index (χ1) is 5.66. The fraction of sp³-hybridized carbons (Fsp3) is 1.00. The fourth-order valence-corrected chi connectivity index (χ4v) is 2.96. The molecule has 1 atom stereocenters. The Kier molecular flexibility index (Phi) is 2.47. The van der Waals surface area contributed by atoms with Crippen molar-refractivity contribution in [1.29, 1.82) is 0 Å². The molecule has 0 heterocycles. The normalized spacial score (nSPS) is 34.5. The third kappa shape index (κ3) is 2.21. The summed E-state index contributed by atoms with van der Waals surface area (Å²) in [7, 11) is -4.34. The summed E-state index contributed by atoms with van der Waals surface area (Å²) in [6, 6.07) is 0. The van der Waals surface area contributed by atoms with Gasteiger partial charge in [-0.1, -0.05) is 13.8 Å². The third-order valence-electron chi connectivity index (χ3n) is 2.66. The van der Waals surface area contributed by atoms with Crippen LogP contribution in [0.15, 0.2) is 0 Å². The van der Waals surface area contributed by atoms with Crippen LogP contribution in [0.1, 0.15) is 39.5 Å². The van der Waals surface area contributed by atoms with Crippen molar-refractivity contribution in [3.63, 3.8) is 0 Å². The largest absolute Gasteiger partial charge is 0.372 e. The molecule has 1 rings (SSSR count). The van der Waals surface area contributed by atoms with E-state index >= 15 is 0 Å². The molecule has 1 saturated carbocycles. The van der Waals surface area contributed by atoms with Gasteiger partial charge in [0, 0.05) is 0 Å². The second kappa shape index (κ2) is 2.93. The third-order valence-corrected chi connectivity index (χ3v) is 3.96. The molecule has 13 heavy (non-hydrogen) atoms. The topological polar surface area (TPSA) is 74.6 Å². The second-order valence-electron chi connectivity index (χ2n) is 4.62. The zero-order valence-electron chi connectivity index (χ0n) is 7.95. The second-order valence-corrected chi connectivity index (χ2v) is 6.33. The van der Waals surface area contributed by atoms with E-state index in [9.17, 15) is 13.5 Å². The molecule has 1 unspecified atom stereocenters. The van der Waals surface area contributed by atoms with Crippen molar-refractivity contribution in [1.82, 2.24) is 0 Å². The van der Waals surface area contributed by atoms with Crippen molar-refractivity contribution in [2.45, 2.75) is 44.5 Å². The van der Waals surface area contributed by atoms with Crippen LogP contribution in [0, 0.1) is 5.41 Å². The quantitative estimate of drug-likeness (QED) is 0.634. The monoisotopic (exact) mass is 208 g/mol. The van der Waals surface area contributed by atoms with E-state index in [0.717, 1.165) is 6.42 Å². The molecule has 0 aliphatic heterocycles. The first-order valence-electron chi connectivity index (χ1n) is 4.36. The molecule has 5 heteroatoms. The molecule has 0 spiro atoms. The van der Waals surface area contributed by atoms with Crippen LogP contribution in [0.4, 0.5) is 0 Å². The zero-order chi connectivity index (χ0) is 10.3. The lowest BCUT2D eigenvalue weighted by Crippen LogP contribution is -2.45. The minimum atomic E-state index is -4.34. The van der Waals surface area contributed by atoms with Crippen LogP contribution in [0.25, 0.3) is 0 Å². The van der Waals surface area contributed by atoms with Gasteiger partial charge in [-0.3, -0.25) is 4.55 Å². The van der Waals surface area contributed by atoms with Crippen LogP contribution in [0.2, 0.25) is 0 Å². The van der Waals surface area contributed by atoms with Crippen molar-refractivity contribution < 1.29 is 18.1 Å². The van der Waals surface area contributed by atoms with Crippen LogP contribution in [0.5, 0.6) is 0 Å². The zero-order valence-corrected chi connectivity index (χ0v) is 8.76. The van der Waals surface area contributed by atoms with Gasteiger partial charge in [0.1, 0.15) is 0 Å². The van der Waals surface area contributed by atoms with Crippen molar-refractivity contribution in [2.24, 2.45) is 5.41 Å². The predicted molar refractivity (Wildman–Crippen MR) is 48.7 cm³/mol. The van der Waals surface area contributed by atoms with Crippen LogP contribution in [-0.4, -0.2) is 23.0 Å². The van der Waals surface area contributed by atoms with Gasteiger partial charge in [-0.05, 0) is 31.1 Å². The summed E-state index contributed by atoms with van der Waals surface area (Å²) in [5.41, 5.74) is -0.219. The molecule has 78 valence electrons. The summed E-state index contributed by atoms with van der Waals surface area (Å²) in [5.74, 6) is 0. The Labute approximate surface area is 78.7 Å². The van der Waals surface area contributed by atoms with E-state index in [-0.39, 0.29) is 18.3 Å². The summed E-state index contributed by atoms with van der Waals surface area (Å²) < 4.78 is 30.7. The average molecular weight is 208 g/mol. The first-order valence-corrected chi connectivity index (χ1v) is 5.80. The molecule has 0 aromatic rings. The number of hydrogen-bond acceptors (Lipinski definition) is 3. The minimum Gasteiger partial charge on any atom is -0.372 e. The van der Waals surface area contributed by atoms with E-state index in [1.54, 1.807) is 0 Å². The van der Waals surface area contributed by atoms with Crippen molar-refractivity contribution in [2.75, 3.05) is 0 Å². The molecule has 0 amide bonds. The summed E-state index contributed by atoms with van der Waals surface area (Å²) >= 11 is 0. The first kappa shape index (κ1) is 10.9. The lowest BCUT2D eigenvalue weighted by Gasteiger charge is -2.39. The number of hydrogen-bond donors (Lipinski definition) is 2. The molecule has 1 aliphatic carbocycles. The fourth-order valence-electron chi connectivity index (χ4n) is 1.99. The summed E-state index contributed by atoms with van der Waals surface area (Å²) in [4.78, 5) is -1.92. The van der Waals surface area contributed by atoms with Crippen molar-refractivity contribution >= 4 is 10.1 Å². The smallest absolute Gasteiger partial charge is 0.294 e. The molecule has 0 radical (unpaired) electrons. The maximum atomic E-state index is 10.9. The van der Waals surface area contributed by atoms with Gasteiger partial charge in [0.2, 0.25) is 0 Å². The summed E-state index contributed by atoms with van der Waals surface area (Å²) in [6.07, 6.45) is 1.75. The molecule has 0 aromatic heterocycles. The van der Waals surface area contributed by atoms with Gasteiger partial charge in [0.05, 0.1) is 0 Å². The highest BCUT2D eigenvalue weighted by molar-refractivity contribution is 7.87. The molecule has 0 bridgehead atoms. The van der Waals surface area contributed by atoms with Gasteiger partial charge in [-0.25, -0.2) is 0 Å². The molecule has 1 aliphatic rings. The van der Waals surface area contributed by atoms with Gasteiger partial charge >= 0.3 is 0 Å². The van der Waals surface area contributed by atoms with E-state index in [0.29, 0.717) is 6.42 Å². The van der Waals surface area contributed by atoms with E-state index < -0.39 is 15.1 Å². The van der Waals surface area contributed by atoms with E-state index in [1.165, 1.54) is 0 Å². The average Bonchev–Trinajstić information content (AvgIpc) is 1.80. The summed E-state index contributed by atoms with van der Waals surface area (Å²) in [5, 5.41) is 9.71. The Bertz CT molecular complexity index is 293. The molecule has 1 fully saturated rings. The Morgan fingerprint density at radius 3 is 2.08 bits per heavy atom. The van der Waals surface area contributed by atoms with Crippen LogP contribution in [0.3, 0.4) is 0 Å². The Balaban J connectivity index is 2.94. The van der Waals surface area contributed by atoms with Crippen molar-refractivity contribution in [3.05, 3.63) is 0 Å². The standard InChI is InChI=1S/C8H16O4S/c1-7(2)4-3-5-8(9,6-7)13(10,11)12/h9H,3-6H2,1-2H3,(H,10,11,12). The molecule has 0 aromatic carbocycles. The Morgan fingerprint density at radius 2 is 1.77 bits per heavy atom. The Morgan fingerprint density at radius 1 is 1.23 bits per heavy atom. The van der Waals surface area contributed by atoms with Gasteiger partial charge in [-0.2, -0.15) is 8.42 Å². The molecule has 4 nitrogen and oxygen atoms in total. The van der Waals surface area contributed by atoms with E-state index in [1.807, 2.05) is 13.8 Å². The van der Waals surface area contributed by atoms with Gasteiger partial charge < -0.3 is 5.11 Å². The molecular formula is C8H16O4S.